The van der Waals surface area contributed by atoms with Crippen molar-refractivity contribution < 1.29 is 0 Å². The number of H-pyrrole nitrogens is 1. The molecule has 4 heterocycles. The summed E-state index contributed by atoms with van der Waals surface area (Å²) in [5.41, 5.74) is 7.13. The van der Waals surface area contributed by atoms with Crippen LogP contribution in [0, 0.1) is 0 Å². The second-order valence-corrected chi connectivity index (χ2v) is 11.0. The zero-order valence-electron chi connectivity index (χ0n) is 20.9. The molecule has 2 aliphatic heterocycles. The van der Waals surface area contributed by atoms with Gasteiger partial charge >= 0.3 is 0 Å². The summed E-state index contributed by atoms with van der Waals surface area (Å²) < 4.78 is 1.79. The zero-order valence-corrected chi connectivity index (χ0v) is 20.9. The number of hydrogen-bond donors (Lipinski definition) is 3. The van der Waals surface area contributed by atoms with Crippen molar-refractivity contribution in [1.82, 2.24) is 19.9 Å². The first-order valence-electron chi connectivity index (χ1n) is 12.7. The maximum atomic E-state index is 13.5. The molecule has 0 saturated carbocycles. The monoisotopic (exact) mass is 467 g/mol. The Kier molecular flexibility index (Phi) is 5.11. The standard InChI is InChI=1S/C29H33N5O/c1-17(2)25-26(32-28-33-29(3,4)16-34(28)27(25)35)22-15-31-24-12-11-20(14-21(22)24)18-7-9-19(10-8-18)23-6-5-13-30-23/h7-12,14-15,17,23,30-31H,5-6,13,16H2,1-4H3,(H,32,33). The van der Waals surface area contributed by atoms with E-state index >= 15 is 0 Å². The first kappa shape index (κ1) is 22.1. The quantitative estimate of drug-likeness (QED) is 0.354. The Balaban J connectivity index is 1.45. The van der Waals surface area contributed by atoms with Crippen LogP contribution in [0.25, 0.3) is 33.3 Å². The molecule has 2 aliphatic rings. The summed E-state index contributed by atoms with van der Waals surface area (Å²) in [5, 5.41) is 8.09. The Morgan fingerprint density at radius 3 is 2.57 bits per heavy atom. The van der Waals surface area contributed by atoms with Crippen LogP contribution in [0.5, 0.6) is 0 Å². The fraction of sp³-hybridized carbons (Fsp3) is 0.379. The van der Waals surface area contributed by atoms with Crippen LogP contribution >= 0.6 is 0 Å². The summed E-state index contributed by atoms with van der Waals surface area (Å²) in [4.78, 5) is 21.9. The van der Waals surface area contributed by atoms with Crippen molar-refractivity contribution in [1.29, 1.82) is 0 Å². The van der Waals surface area contributed by atoms with E-state index in [2.05, 4.69) is 85.8 Å². The Hall–Kier alpha value is -3.38. The number of rotatable bonds is 4. The van der Waals surface area contributed by atoms with Gasteiger partial charge in [0.1, 0.15) is 0 Å². The molecule has 0 spiro atoms. The average molecular weight is 468 g/mol. The van der Waals surface area contributed by atoms with E-state index in [9.17, 15) is 4.79 Å². The third-order valence-corrected chi connectivity index (χ3v) is 7.43. The van der Waals surface area contributed by atoms with Gasteiger partial charge in [-0.2, -0.15) is 0 Å². The van der Waals surface area contributed by atoms with Crippen molar-refractivity contribution in [3.63, 3.8) is 0 Å². The summed E-state index contributed by atoms with van der Waals surface area (Å²) in [5.74, 6) is 0.720. The Labute approximate surface area is 205 Å². The van der Waals surface area contributed by atoms with Gasteiger partial charge in [0.25, 0.3) is 5.56 Å². The van der Waals surface area contributed by atoms with Crippen molar-refractivity contribution in [3.8, 4) is 22.4 Å². The van der Waals surface area contributed by atoms with Gasteiger partial charge < -0.3 is 15.6 Å². The van der Waals surface area contributed by atoms with Gasteiger partial charge in [0, 0.05) is 34.3 Å². The number of aromatic nitrogens is 3. The lowest BCUT2D eigenvalue weighted by Crippen LogP contribution is -2.30. The summed E-state index contributed by atoms with van der Waals surface area (Å²) in [7, 11) is 0. The number of aromatic amines is 1. The maximum Gasteiger partial charge on any atom is 0.259 e. The Morgan fingerprint density at radius 1 is 1.09 bits per heavy atom. The smallest absolute Gasteiger partial charge is 0.259 e. The summed E-state index contributed by atoms with van der Waals surface area (Å²) in [6, 6.07) is 15.9. The molecule has 1 unspecified atom stereocenters. The lowest BCUT2D eigenvalue weighted by atomic mass is 9.95. The van der Waals surface area contributed by atoms with Crippen LogP contribution in [0.1, 0.15) is 63.6 Å². The van der Waals surface area contributed by atoms with E-state index in [0.29, 0.717) is 18.5 Å². The number of fused-ring (bicyclic) bond motifs is 2. The molecule has 3 N–H and O–H groups in total. The van der Waals surface area contributed by atoms with Crippen LogP contribution in [0.4, 0.5) is 5.95 Å². The van der Waals surface area contributed by atoms with E-state index in [-0.39, 0.29) is 17.0 Å². The molecule has 2 aromatic heterocycles. The molecular formula is C29H33N5O. The highest BCUT2D eigenvalue weighted by atomic mass is 16.1. The summed E-state index contributed by atoms with van der Waals surface area (Å²) >= 11 is 0. The van der Waals surface area contributed by atoms with Gasteiger partial charge in [-0.25, -0.2) is 4.98 Å². The molecule has 6 nitrogen and oxygen atoms in total. The van der Waals surface area contributed by atoms with Crippen LogP contribution in [-0.2, 0) is 6.54 Å². The van der Waals surface area contributed by atoms with E-state index in [1.165, 1.54) is 24.0 Å². The van der Waals surface area contributed by atoms with E-state index in [1.54, 1.807) is 4.57 Å². The molecule has 0 amide bonds. The zero-order chi connectivity index (χ0) is 24.3. The van der Waals surface area contributed by atoms with E-state index < -0.39 is 0 Å². The highest BCUT2D eigenvalue weighted by Crippen LogP contribution is 2.36. The first-order valence-corrected chi connectivity index (χ1v) is 12.7. The molecule has 1 saturated heterocycles. The molecule has 0 radical (unpaired) electrons. The second kappa shape index (κ2) is 8.09. The summed E-state index contributed by atoms with van der Waals surface area (Å²) in [6.45, 7) is 10.1. The van der Waals surface area contributed by atoms with Crippen molar-refractivity contribution in [2.75, 3.05) is 11.9 Å². The van der Waals surface area contributed by atoms with Gasteiger partial charge in [0.05, 0.1) is 17.8 Å². The van der Waals surface area contributed by atoms with Crippen LogP contribution < -0.4 is 16.2 Å². The van der Waals surface area contributed by atoms with Gasteiger partial charge in [-0.1, -0.05) is 44.2 Å². The molecule has 6 heteroatoms. The molecule has 1 fully saturated rings. The molecule has 0 bridgehead atoms. The number of benzene rings is 2. The van der Waals surface area contributed by atoms with Crippen LogP contribution in [-0.4, -0.2) is 26.6 Å². The second-order valence-electron chi connectivity index (χ2n) is 11.0. The molecule has 4 aromatic rings. The number of nitrogens with one attached hydrogen (secondary N) is 3. The lowest BCUT2D eigenvalue weighted by molar-refractivity contribution is 0.515. The number of anilines is 1. The Morgan fingerprint density at radius 2 is 1.86 bits per heavy atom. The molecule has 180 valence electrons. The van der Waals surface area contributed by atoms with Crippen LogP contribution in [0.3, 0.4) is 0 Å². The first-order chi connectivity index (χ1) is 16.8. The SMILES string of the molecule is CC(C)c1c(-c2c[nH]c3ccc(-c4ccc(C5CCCN5)cc4)cc23)nc2n(c1=O)CC(C)(C)N2. The fourth-order valence-corrected chi connectivity index (χ4v) is 5.65. The van der Waals surface area contributed by atoms with Crippen molar-refractivity contribution >= 4 is 16.9 Å². The lowest BCUT2D eigenvalue weighted by Gasteiger charge is -2.15. The molecule has 0 aliphatic carbocycles. The minimum atomic E-state index is -0.195. The maximum absolute atomic E-state index is 13.5. The van der Waals surface area contributed by atoms with Gasteiger partial charge in [-0.05, 0) is 68.0 Å². The largest absolute Gasteiger partial charge is 0.360 e. The van der Waals surface area contributed by atoms with Gasteiger partial charge in [-0.3, -0.25) is 9.36 Å². The van der Waals surface area contributed by atoms with E-state index in [1.807, 2.05) is 6.20 Å². The molecule has 35 heavy (non-hydrogen) atoms. The van der Waals surface area contributed by atoms with Gasteiger partial charge in [0.2, 0.25) is 5.95 Å². The predicted octanol–water partition coefficient (Wildman–Crippen LogP) is 5.81. The molecule has 2 aromatic carbocycles. The van der Waals surface area contributed by atoms with Crippen molar-refractivity contribution in [3.05, 3.63) is 70.1 Å². The topological polar surface area (TPSA) is 74.7 Å². The van der Waals surface area contributed by atoms with E-state index in [0.717, 1.165) is 39.8 Å². The molecular weight excluding hydrogens is 434 g/mol. The third kappa shape index (κ3) is 3.76. The summed E-state index contributed by atoms with van der Waals surface area (Å²) in [6.07, 6.45) is 4.44. The third-order valence-electron chi connectivity index (χ3n) is 7.43. The van der Waals surface area contributed by atoms with Crippen molar-refractivity contribution in [2.45, 2.75) is 64.6 Å². The van der Waals surface area contributed by atoms with Crippen LogP contribution in [0.15, 0.2) is 53.5 Å². The fourth-order valence-electron chi connectivity index (χ4n) is 5.65. The minimum absolute atomic E-state index is 0.0553. The van der Waals surface area contributed by atoms with E-state index in [4.69, 9.17) is 4.98 Å². The van der Waals surface area contributed by atoms with Crippen molar-refractivity contribution in [2.24, 2.45) is 0 Å². The predicted molar refractivity (Wildman–Crippen MR) is 143 cm³/mol. The highest BCUT2D eigenvalue weighted by molar-refractivity contribution is 5.98. The molecule has 6 rings (SSSR count). The normalized spacial score (nSPS) is 18.8. The Bertz CT molecular complexity index is 1470. The average Bonchev–Trinajstić information content (AvgIpc) is 3.56. The van der Waals surface area contributed by atoms with Crippen LogP contribution in [0.2, 0.25) is 0 Å². The highest BCUT2D eigenvalue weighted by Gasteiger charge is 2.32. The minimum Gasteiger partial charge on any atom is -0.360 e. The van der Waals surface area contributed by atoms with Gasteiger partial charge in [-0.15, -0.1) is 0 Å². The van der Waals surface area contributed by atoms with Gasteiger partial charge in [0.15, 0.2) is 0 Å². The molecule has 1 atom stereocenters. The number of hydrogen-bond acceptors (Lipinski definition) is 4. The number of nitrogens with zero attached hydrogens (tertiary/aromatic N) is 2.